The lowest BCUT2D eigenvalue weighted by Crippen LogP contribution is -2.49. The number of carbonyl (C=O) groups excluding carboxylic acids is 2. The normalized spacial score (nSPS) is 50.6. The largest absolute Gasteiger partial charge is 0.481 e. The smallest absolute Gasteiger partial charge is 0.309 e. The molecule has 15 unspecified atom stereocenters. The third-order valence-corrected chi connectivity index (χ3v) is 13.0. The number of fused-ring (bicyclic) bond motifs is 14. The summed E-state index contributed by atoms with van der Waals surface area (Å²) in [5.41, 5.74) is -0.490. The van der Waals surface area contributed by atoms with Gasteiger partial charge in [-0.3, -0.25) is 14.4 Å². The molecular weight excluding hydrogens is 484 g/mol. The van der Waals surface area contributed by atoms with Gasteiger partial charge in [0.25, 0.3) is 0 Å². The maximum absolute atomic E-state index is 13.3. The fraction of sp³-hybridized carbons (Fsp3) is 0.903. The molecule has 2 N–H and O–H groups in total. The van der Waals surface area contributed by atoms with Gasteiger partial charge < -0.3 is 19.7 Å². The second-order valence-electron chi connectivity index (χ2n) is 14.4. The van der Waals surface area contributed by atoms with Crippen molar-refractivity contribution in [1.29, 1.82) is 0 Å². The number of aliphatic hydroxyl groups is 1. The van der Waals surface area contributed by atoms with Gasteiger partial charge in [0, 0.05) is 11.8 Å². The van der Waals surface area contributed by atoms with Crippen LogP contribution in [0, 0.1) is 71.0 Å². The summed E-state index contributed by atoms with van der Waals surface area (Å²) in [5.74, 6) is 1.71. The molecule has 0 saturated heterocycles. The highest BCUT2D eigenvalue weighted by Crippen LogP contribution is 2.69. The SMILES string of the molecule is CCC(CC(C)C(=O)OC12CCCC1C1CC(O)C2C1)C(=O)OC1CC2CC1C1C3CC(C(=O)O)C(C3)C21. The number of hydrogen-bond donors (Lipinski definition) is 2. The minimum absolute atomic E-state index is 0.0543. The fourth-order valence-electron chi connectivity index (χ4n) is 11.7. The molecule has 7 rings (SSSR count). The number of aliphatic carboxylic acids is 1. The van der Waals surface area contributed by atoms with Crippen LogP contribution in [0.4, 0.5) is 0 Å². The zero-order valence-electron chi connectivity index (χ0n) is 22.8. The van der Waals surface area contributed by atoms with Crippen molar-refractivity contribution in [3.63, 3.8) is 0 Å². The van der Waals surface area contributed by atoms with Crippen molar-refractivity contribution in [3.8, 4) is 0 Å². The number of esters is 2. The van der Waals surface area contributed by atoms with Crippen molar-refractivity contribution in [3.05, 3.63) is 0 Å². The number of carbonyl (C=O) groups is 3. The summed E-state index contributed by atoms with van der Waals surface area (Å²) in [4.78, 5) is 38.4. The summed E-state index contributed by atoms with van der Waals surface area (Å²) < 4.78 is 12.5. The summed E-state index contributed by atoms with van der Waals surface area (Å²) in [6.07, 6.45) is 9.25. The minimum atomic E-state index is -0.625. The van der Waals surface area contributed by atoms with Gasteiger partial charge in [-0.05, 0) is 112 Å². The van der Waals surface area contributed by atoms with Crippen LogP contribution in [0.2, 0.25) is 0 Å². The highest BCUT2D eigenvalue weighted by molar-refractivity contribution is 5.76. The standard InChI is InChI=1S/C31H44O7/c1-3-15(7-14(2)29(35)38-31-6-4-5-22(31)16-11-23(31)24(32)12-16)30(36)37-25-13-18-10-21(25)27-17-8-19(26(18)27)20(9-17)28(33)34/h14-27,32H,3-13H2,1-2H3,(H,33,34). The van der Waals surface area contributed by atoms with E-state index in [0.717, 1.165) is 57.8 Å². The summed E-state index contributed by atoms with van der Waals surface area (Å²) in [6.45, 7) is 3.86. The third kappa shape index (κ3) is 3.51. The Balaban J connectivity index is 0.960. The Morgan fingerprint density at radius 3 is 2.42 bits per heavy atom. The third-order valence-electron chi connectivity index (χ3n) is 13.0. The Labute approximate surface area is 225 Å². The first-order chi connectivity index (χ1) is 18.2. The molecule has 0 spiro atoms. The van der Waals surface area contributed by atoms with Crippen LogP contribution in [0.1, 0.15) is 84.5 Å². The lowest BCUT2D eigenvalue weighted by atomic mass is 9.67. The molecule has 0 heterocycles. The van der Waals surface area contributed by atoms with E-state index in [0.29, 0.717) is 60.2 Å². The van der Waals surface area contributed by atoms with Gasteiger partial charge in [0.2, 0.25) is 0 Å². The van der Waals surface area contributed by atoms with E-state index in [9.17, 15) is 24.6 Å². The van der Waals surface area contributed by atoms with Crippen LogP contribution in [0.15, 0.2) is 0 Å². The van der Waals surface area contributed by atoms with E-state index in [1.165, 1.54) is 0 Å². The molecule has 7 fully saturated rings. The van der Waals surface area contributed by atoms with E-state index in [1.807, 2.05) is 13.8 Å². The first-order valence-electron chi connectivity index (χ1n) is 15.6. The summed E-state index contributed by atoms with van der Waals surface area (Å²) in [7, 11) is 0. The van der Waals surface area contributed by atoms with Crippen LogP contribution in [0.25, 0.3) is 0 Å². The predicted molar refractivity (Wildman–Crippen MR) is 136 cm³/mol. The molecule has 0 aliphatic heterocycles. The van der Waals surface area contributed by atoms with Gasteiger partial charge in [0.1, 0.15) is 11.7 Å². The molecule has 0 aromatic carbocycles. The summed E-state index contributed by atoms with van der Waals surface area (Å²) >= 11 is 0. The van der Waals surface area contributed by atoms with Crippen molar-refractivity contribution >= 4 is 17.9 Å². The topological polar surface area (TPSA) is 110 Å². The number of carboxylic acid groups (broad SMARTS) is 1. The van der Waals surface area contributed by atoms with Crippen molar-refractivity contribution < 1.29 is 34.1 Å². The number of ether oxygens (including phenoxy) is 2. The number of hydrogen-bond acceptors (Lipinski definition) is 6. The van der Waals surface area contributed by atoms with E-state index in [2.05, 4.69) is 0 Å². The van der Waals surface area contributed by atoms with Gasteiger partial charge >= 0.3 is 17.9 Å². The van der Waals surface area contributed by atoms with Gasteiger partial charge in [-0.1, -0.05) is 13.8 Å². The maximum atomic E-state index is 13.3. The van der Waals surface area contributed by atoms with Crippen LogP contribution in [0.5, 0.6) is 0 Å². The molecule has 0 amide bonds. The highest BCUT2D eigenvalue weighted by atomic mass is 16.6. The Hall–Kier alpha value is -1.63. The molecule has 210 valence electrons. The average molecular weight is 529 g/mol. The number of carboxylic acids is 1. The van der Waals surface area contributed by atoms with Crippen LogP contribution in [-0.4, -0.2) is 45.9 Å². The van der Waals surface area contributed by atoms with Crippen molar-refractivity contribution in [2.75, 3.05) is 0 Å². The molecular formula is C31H44O7. The second kappa shape index (κ2) is 8.94. The van der Waals surface area contributed by atoms with Gasteiger partial charge in [-0.25, -0.2) is 0 Å². The van der Waals surface area contributed by atoms with E-state index in [4.69, 9.17) is 9.47 Å². The van der Waals surface area contributed by atoms with Gasteiger partial charge in [-0.15, -0.1) is 0 Å². The second-order valence-corrected chi connectivity index (χ2v) is 14.4. The zero-order valence-corrected chi connectivity index (χ0v) is 22.8. The van der Waals surface area contributed by atoms with Crippen molar-refractivity contribution in [2.24, 2.45) is 71.0 Å². The Bertz CT molecular complexity index is 1010. The molecule has 7 saturated carbocycles. The monoisotopic (exact) mass is 528 g/mol. The van der Waals surface area contributed by atoms with Crippen molar-refractivity contribution in [2.45, 2.75) is 102 Å². The Morgan fingerprint density at radius 1 is 0.921 bits per heavy atom. The van der Waals surface area contributed by atoms with E-state index >= 15 is 0 Å². The van der Waals surface area contributed by atoms with Gasteiger partial charge in [0.05, 0.1) is 23.9 Å². The Kier molecular flexibility index (Phi) is 5.96. The maximum Gasteiger partial charge on any atom is 0.309 e. The first-order valence-corrected chi connectivity index (χ1v) is 15.6. The van der Waals surface area contributed by atoms with Crippen LogP contribution >= 0.6 is 0 Å². The van der Waals surface area contributed by atoms with Gasteiger partial charge in [0.15, 0.2) is 0 Å². The molecule has 0 aromatic rings. The molecule has 7 aliphatic carbocycles. The lowest BCUT2D eigenvalue weighted by molar-refractivity contribution is -0.182. The van der Waals surface area contributed by atoms with Crippen LogP contribution in [0.3, 0.4) is 0 Å². The Morgan fingerprint density at radius 2 is 1.66 bits per heavy atom. The lowest BCUT2D eigenvalue weighted by Gasteiger charge is -2.41. The van der Waals surface area contributed by atoms with E-state index < -0.39 is 11.6 Å². The minimum Gasteiger partial charge on any atom is -0.481 e. The molecule has 7 aliphatic rings. The van der Waals surface area contributed by atoms with Crippen LogP contribution in [-0.2, 0) is 23.9 Å². The van der Waals surface area contributed by atoms with E-state index in [1.54, 1.807) is 0 Å². The fourth-order valence-corrected chi connectivity index (χ4v) is 11.7. The molecule has 15 atom stereocenters. The molecule has 6 bridgehead atoms. The zero-order chi connectivity index (χ0) is 26.5. The number of rotatable bonds is 8. The quantitative estimate of drug-likeness (QED) is 0.354. The average Bonchev–Trinajstić information content (AvgIpc) is 3.70. The first kappa shape index (κ1) is 25.3. The summed E-state index contributed by atoms with van der Waals surface area (Å²) in [5, 5.41) is 20.2. The summed E-state index contributed by atoms with van der Waals surface area (Å²) in [6, 6.07) is 0. The highest BCUT2D eigenvalue weighted by Gasteiger charge is 2.67. The van der Waals surface area contributed by atoms with Crippen LogP contribution < -0.4 is 0 Å². The van der Waals surface area contributed by atoms with Crippen molar-refractivity contribution in [1.82, 2.24) is 0 Å². The van der Waals surface area contributed by atoms with Gasteiger partial charge in [-0.2, -0.15) is 0 Å². The molecule has 0 aromatic heterocycles. The molecule has 7 heteroatoms. The van der Waals surface area contributed by atoms with E-state index in [-0.39, 0.29) is 47.8 Å². The molecule has 7 nitrogen and oxygen atoms in total. The number of aliphatic hydroxyl groups excluding tert-OH is 1. The molecule has 0 radical (unpaired) electrons. The predicted octanol–water partition coefficient (Wildman–Crippen LogP) is 4.45. The molecule has 38 heavy (non-hydrogen) atoms.